The molecule has 0 radical (unpaired) electrons. The zero-order valence-electron chi connectivity index (χ0n) is 5.72. The Kier molecular flexibility index (Phi) is 2.33. The summed E-state index contributed by atoms with van der Waals surface area (Å²) in [5, 5.41) is 0. The van der Waals surface area contributed by atoms with Crippen LogP contribution < -0.4 is 0 Å². The number of rotatable bonds is 2. The molecule has 0 aromatic heterocycles. The highest BCUT2D eigenvalue weighted by Gasteiger charge is 2.29. The minimum Gasteiger partial charge on any atom is -0.273 e. The third kappa shape index (κ3) is 1.32. The van der Waals surface area contributed by atoms with Crippen molar-refractivity contribution in [3.8, 4) is 0 Å². The van der Waals surface area contributed by atoms with Crippen molar-refractivity contribution >= 4 is 17.7 Å². The minimum absolute atomic E-state index is 0.0431. The summed E-state index contributed by atoms with van der Waals surface area (Å²) in [6.45, 7) is 4.25. The molecule has 0 aromatic rings. The fourth-order valence-corrected chi connectivity index (χ4v) is 1.36. The molecule has 0 spiro atoms. The molecule has 0 aliphatic carbocycles. The number of allylic oxidation sites excluding steroid dienone is 1. The predicted octanol–water partition coefficient (Wildman–Crippen LogP) is 1.56. The van der Waals surface area contributed by atoms with Crippen molar-refractivity contribution in [2.75, 3.05) is 6.54 Å². The van der Waals surface area contributed by atoms with Gasteiger partial charge >= 0.3 is 0 Å². The van der Waals surface area contributed by atoms with E-state index in [4.69, 9.17) is 11.8 Å². The largest absolute Gasteiger partial charge is 0.273 e. The molecule has 56 valence electrons. The van der Waals surface area contributed by atoms with E-state index in [0.29, 0.717) is 6.54 Å². The van der Waals surface area contributed by atoms with Crippen LogP contribution in [0.3, 0.4) is 0 Å². The van der Waals surface area contributed by atoms with Crippen LogP contribution in [0.4, 0.5) is 0 Å². The minimum atomic E-state index is 0.0431. The van der Waals surface area contributed by atoms with E-state index in [1.807, 2.05) is 0 Å². The molecule has 1 rings (SSSR count). The molecule has 1 fully saturated rings. The van der Waals surface area contributed by atoms with Gasteiger partial charge in [0.25, 0.3) is 0 Å². The fraction of sp³-hybridized carbons (Fsp3) is 0.571. The van der Waals surface area contributed by atoms with E-state index in [1.165, 1.54) is 4.42 Å². The average molecular weight is 160 g/mol. The van der Waals surface area contributed by atoms with Gasteiger partial charge in [-0.15, -0.1) is 6.58 Å². The predicted molar refractivity (Wildman–Crippen MR) is 40.5 cm³/mol. The molecule has 1 amide bonds. The molecular formula is C7H10ClNO. The highest BCUT2D eigenvalue weighted by molar-refractivity contribution is 6.22. The van der Waals surface area contributed by atoms with Crippen LogP contribution in [0.2, 0.25) is 0 Å². The number of amides is 1. The Balaban J connectivity index is 2.48. The van der Waals surface area contributed by atoms with Crippen molar-refractivity contribution in [2.24, 2.45) is 5.92 Å². The van der Waals surface area contributed by atoms with Gasteiger partial charge in [-0.1, -0.05) is 6.08 Å². The van der Waals surface area contributed by atoms with Gasteiger partial charge in [0.05, 0.1) is 0 Å². The van der Waals surface area contributed by atoms with E-state index in [0.717, 1.165) is 12.8 Å². The second kappa shape index (κ2) is 3.06. The lowest BCUT2D eigenvalue weighted by molar-refractivity contribution is -0.126. The number of halogens is 1. The molecule has 1 unspecified atom stereocenters. The molecule has 0 bridgehead atoms. The molecule has 10 heavy (non-hydrogen) atoms. The molecule has 0 aromatic carbocycles. The van der Waals surface area contributed by atoms with Crippen LogP contribution in [-0.2, 0) is 4.79 Å². The van der Waals surface area contributed by atoms with Gasteiger partial charge in [-0.25, -0.2) is 0 Å². The van der Waals surface area contributed by atoms with E-state index in [1.54, 1.807) is 6.08 Å². The Morgan fingerprint density at radius 1 is 1.90 bits per heavy atom. The van der Waals surface area contributed by atoms with Crippen molar-refractivity contribution in [1.82, 2.24) is 4.42 Å². The molecule has 0 N–H and O–H groups in total. The summed E-state index contributed by atoms with van der Waals surface area (Å²) < 4.78 is 1.26. The summed E-state index contributed by atoms with van der Waals surface area (Å²) in [5.41, 5.74) is 0. The topological polar surface area (TPSA) is 20.3 Å². The van der Waals surface area contributed by atoms with Crippen molar-refractivity contribution < 1.29 is 4.79 Å². The number of carbonyl (C=O) groups is 1. The summed E-state index contributed by atoms with van der Waals surface area (Å²) in [7, 11) is 0. The van der Waals surface area contributed by atoms with Gasteiger partial charge in [0.15, 0.2) is 0 Å². The molecule has 1 saturated heterocycles. The number of hydrogen-bond acceptors (Lipinski definition) is 1. The Labute approximate surface area is 65.6 Å². The van der Waals surface area contributed by atoms with Crippen molar-refractivity contribution in [2.45, 2.75) is 12.8 Å². The Morgan fingerprint density at radius 3 is 3.00 bits per heavy atom. The second-order valence-electron chi connectivity index (χ2n) is 2.43. The van der Waals surface area contributed by atoms with Crippen LogP contribution in [-0.4, -0.2) is 16.9 Å². The molecule has 3 heteroatoms. The highest BCUT2D eigenvalue weighted by atomic mass is 35.5. The van der Waals surface area contributed by atoms with Crippen LogP contribution in [0.25, 0.3) is 0 Å². The summed E-state index contributed by atoms with van der Waals surface area (Å²) in [6, 6.07) is 0. The van der Waals surface area contributed by atoms with Crippen molar-refractivity contribution in [1.29, 1.82) is 0 Å². The molecule has 1 atom stereocenters. The fourth-order valence-electron chi connectivity index (χ4n) is 1.12. The Bertz CT molecular complexity index is 158. The lowest BCUT2D eigenvalue weighted by atomic mass is 10.1. The van der Waals surface area contributed by atoms with Crippen LogP contribution >= 0.6 is 11.8 Å². The monoisotopic (exact) mass is 159 g/mol. The maximum Gasteiger partial charge on any atom is 0.240 e. The summed E-state index contributed by atoms with van der Waals surface area (Å²) in [5.74, 6) is 0.136. The summed E-state index contributed by atoms with van der Waals surface area (Å²) in [6.07, 6.45) is 3.38. The number of carbonyl (C=O) groups excluding carboxylic acids is 1. The van der Waals surface area contributed by atoms with Crippen LogP contribution in [0.15, 0.2) is 12.7 Å². The highest BCUT2D eigenvalue weighted by Crippen LogP contribution is 2.22. The van der Waals surface area contributed by atoms with Crippen LogP contribution in [0.1, 0.15) is 12.8 Å². The summed E-state index contributed by atoms with van der Waals surface area (Å²) >= 11 is 5.54. The average Bonchev–Trinajstić information content (AvgIpc) is 2.20. The zero-order valence-corrected chi connectivity index (χ0v) is 6.47. The zero-order chi connectivity index (χ0) is 7.56. The first-order chi connectivity index (χ1) is 4.75. The number of hydrogen-bond donors (Lipinski definition) is 0. The molecule has 0 saturated carbocycles. The van der Waals surface area contributed by atoms with Gasteiger partial charge in [0.1, 0.15) is 0 Å². The van der Waals surface area contributed by atoms with E-state index in [2.05, 4.69) is 6.58 Å². The first kappa shape index (κ1) is 7.61. The van der Waals surface area contributed by atoms with Gasteiger partial charge in [-0.05, 0) is 12.8 Å². The molecule has 2 nitrogen and oxygen atoms in total. The first-order valence-electron chi connectivity index (χ1n) is 3.33. The molecular weight excluding hydrogens is 150 g/mol. The Morgan fingerprint density at radius 2 is 2.60 bits per heavy atom. The molecule has 1 heterocycles. The first-order valence-corrected chi connectivity index (χ1v) is 3.67. The maximum atomic E-state index is 11.0. The standard InChI is InChI=1S/C7H10ClNO/c1-2-3-6-4-5-9(8)7(6)10/h2,6H,1,3-5H2. The lowest BCUT2D eigenvalue weighted by Crippen LogP contribution is -2.17. The third-order valence-electron chi connectivity index (χ3n) is 1.71. The second-order valence-corrected chi connectivity index (χ2v) is 2.84. The van der Waals surface area contributed by atoms with Crippen LogP contribution in [0, 0.1) is 5.92 Å². The smallest absolute Gasteiger partial charge is 0.240 e. The summed E-state index contributed by atoms with van der Waals surface area (Å²) in [4.78, 5) is 11.0. The SMILES string of the molecule is C=CCC1CCN(Cl)C1=O. The van der Waals surface area contributed by atoms with E-state index in [-0.39, 0.29) is 11.8 Å². The van der Waals surface area contributed by atoms with Gasteiger partial charge in [0.2, 0.25) is 5.91 Å². The van der Waals surface area contributed by atoms with Crippen LogP contribution in [0.5, 0.6) is 0 Å². The van der Waals surface area contributed by atoms with E-state index >= 15 is 0 Å². The molecule has 1 aliphatic heterocycles. The van der Waals surface area contributed by atoms with Gasteiger partial charge in [-0.2, -0.15) is 0 Å². The third-order valence-corrected chi connectivity index (χ3v) is 2.05. The van der Waals surface area contributed by atoms with Crippen molar-refractivity contribution in [3.05, 3.63) is 12.7 Å². The van der Waals surface area contributed by atoms with E-state index < -0.39 is 0 Å². The quantitative estimate of drug-likeness (QED) is 0.443. The van der Waals surface area contributed by atoms with Crippen molar-refractivity contribution in [3.63, 3.8) is 0 Å². The van der Waals surface area contributed by atoms with E-state index in [9.17, 15) is 4.79 Å². The maximum absolute atomic E-state index is 11.0. The molecule has 1 aliphatic rings. The van der Waals surface area contributed by atoms with Gasteiger partial charge < -0.3 is 0 Å². The van der Waals surface area contributed by atoms with Gasteiger partial charge in [0, 0.05) is 24.2 Å². The van der Waals surface area contributed by atoms with Gasteiger partial charge in [-0.3, -0.25) is 9.21 Å². The lowest BCUT2D eigenvalue weighted by Gasteiger charge is -2.03. The Hall–Kier alpha value is -0.500. The normalized spacial score (nSPS) is 25.5. The number of nitrogens with zero attached hydrogens (tertiary/aromatic N) is 1.